The van der Waals surface area contributed by atoms with Gasteiger partial charge >= 0.3 is 0 Å². The van der Waals surface area contributed by atoms with E-state index in [1.807, 2.05) is 0 Å². The zero-order valence-electron chi connectivity index (χ0n) is 5.56. The van der Waals surface area contributed by atoms with Crippen LogP contribution in [0.4, 0.5) is 0 Å². The fraction of sp³-hybridized carbons (Fsp3) is 0.600. The lowest BCUT2D eigenvalue weighted by molar-refractivity contribution is 0.275. The predicted molar refractivity (Wildman–Crippen MR) is 37.0 cm³/mol. The van der Waals surface area contributed by atoms with Crippen molar-refractivity contribution in [3.8, 4) is 0 Å². The number of aliphatic hydroxyl groups is 1. The Morgan fingerprint density at radius 2 is 2.10 bits per heavy atom. The van der Waals surface area contributed by atoms with Gasteiger partial charge in [0, 0.05) is 0 Å². The molecule has 0 spiro atoms. The van der Waals surface area contributed by atoms with Crippen LogP contribution in [0.5, 0.6) is 0 Å². The largest absolute Gasteiger partial charge is 0.372 e. The Morgan fingerprint density at radius 1 is 1.60 bits per heavy atom. The van der Waals surface area contributed by atoms with E-state index in [0.29, 0.717) is 6.42 Å². The molecule has 1 atom stereocenters. The van der Waals surface area contributed by atoms with E-state index in [4.69, 9.17) is 9.66 Å². The normalized spacial score (nSPS) is 15.9. The highest BCUT2D eigenvalue weighted by atomic mass is 32.2. The SMILES string of the molecule is CC/C=C/C(O)S(=O)(=O)O. The molecular weight excluding hydrogens is 156 g/mol. The fourth-order valence-electron chi connectivity index (χ4n) is 0.352. The second-order valence-corrected chi connectivity index (χ2v) is 3.25. The maximum atomic E-state index is 10.1. The molecule has 0 fully saturated rings. The van der Waals surface area contributed by atoms with Crippen molar-refractivity contribution in [2.45, 2.75) is 18.8 Å². The first-order chi connectivity index (χ1) is 4.48. The number of rotatable bonds is 3. The second-order valence-electron chi connectivity index (χ2n) is 1.74. The molecule has 0 radical (unpaired) electrons. The minimum absolute atomic E-state index is 0.618. The van der Waals surface area contributed by atoms with Crippen LogP contribution in [0.3, 0.4) is 0 Å². The first-order valence-corrected chi connectivity index (χ1v) is 4.30. The molecule has 0 saturated carbocycles. The van der Waals surface area contributed by atoms with Gasteiger partial charge in [0.1, 0.15) is 0 Å². The van der Waals surface area contributed by atoms with Crippen LogP contribution in [0.2, 0.25) is 0 Å². The quantitative estimate of drug-likeness (QED) is 0.462. The van der Waals surface area contributed by atoms with Gasteiger partial charge in [-0.3, -0.25) is 4.55 Å². The van der Waals surface area contributed by atoms with E-state index >= 15 is 0 Å². The van der Waals surface area contributed by atoms with Gasteiger partial charge in [-0.05, 0) is 12.5 Å². The van der Waals surface area contributed by atoms with E-state index in [1.54, 1.807) is 6.92 Å². The van der Waals surface area contributed by atoms with Crippen molar-refractivity contribution in [3.63, 3.8) is 0 Å². The van der Waals surface area contributed by atoms with Gasteiger partial charge in [0.25, 0.3) is 10.1 Å². The van der Waals surface area contributed by atoms with Crippen LogP contribution >= 0.6 is 0 Å². The molecule has 0 aliphatic heterocycles. The highest BCUT2D eigenvalue weighted by Gasteiger charge is 2.14. The third-order valence-corrected chi connectivity index (χ3v) is 1.61. The Kier molecular flexibility index (Phi) is 3.55. The predicted octanol–water partition coefficient (Wildman–Crippen LogP) is 0.159. The van der Waals surface area contributed by atoms with Crippen molar-refractivity contribution in [2.75, 3.05) is 0 Å². The third-order valence-electron chi connectivity index (χ3n) is 0.842. The minimum Gasteiger partial charge on any atom is -0.372 e. The first kappa shape index (κ1) is 9.61. The monoisotopic (exact) mass is 166 g/mol. The summed E-state index contributed by atoms with van der Waals surface area (Å²) in [7, 11) is -4.31. The molecule has 0 aromatic rings. The van der Waals surface area contributed by atoms with Gasteiger partial charge in [-0.2, -0.15) is 8.42 Å². The molecule has 0 rings (SSSR count). The van der Waals surface area contributed by atoms with Crippen molar-refractivity contribution < 1.29 is 18.1 Å². The van der Waals surface area contributed by atoms with Crippen molar-refractivity contribution in [3.05, 3.63) is 12.2 Å². The van der Waals surface area contributed by atoms with Crippen LogP contribution in [0.15, 0.2) is 12.2 Å². The summed E-state index contributed by atoms with van der Waals surface area (Å²) in [5.74, 6) is 0. The second kappa shape index (κ2) is 3.70. The average molecular weight is 166 g/mol. The van der Waals surface area contributed by atoms with Crippen molar-refractivity contribution in [1.82, 2.24) is 0 Å². The zero-order chi connectivity index (χ0) is 8.20. The molecule has 0 aromatic carbocycles. The average Bonchev–Trinajstić information content (AvgIpc) is 1.80. The Labute approximate surface area is 59.9 Å². The van der Waals surface area contributed by atoms with Crippen molar-refractivity contribution >= 4 is 10.1 Å². The van der Waals surface area contributed by atoms with Crippen molar-refractivity contribution in [2.24, 2.45) is 0 Å². The molecule has 60 valence electrons. The Hall–Kier alpha value is -0.390. The topological polar surface area (TPSA) is 74.6 Å². The van der Waals surface area contributed by atoms with Crippen LogP contribution in [-0.4, -0.2) is 23.5 Å². The van der Waals surface area contributed by atoms with E-state index in [-0.39, 0.29) is 0 Å². The molecule has 1 unspecified atom stereocenters. The van der Waals surface area contributed by atoms with Crippen LogP contribution < -0.4 is 0 Å². The van der Waals surface area contributed by atoms with Crippen molar-refractivity contribution in [1.29, 1.82) is 0 Å². The van der Waals surface area contributed by atoms with Gasteiger partial charge in [-0.15, -0.1) is 0 Å². The van der Waals surface area contributed by atoms with Gasteiger partial charge in [-0.25, -0.2) is 0 Å². The third kappa shape index (κ3) is 3.60. The fourth-order valence-corrected chi connectivity index (χ4v) is 0.661. The Balaban J connectivity index is 4.12. The van der Waals surface area contributed by atoms with Gasteiger partial charge in [0.05, 0.1) is 0 Å². The summed E-state index contributed by atoms with van der Waals surface area (Å²) < 4.78 is 28.4. The number of hydrogen-bond acceptors (Lipinski definition) is 3. The van der Waals surface area contributed by atoms with E-state index in [2.05, 4.69) is 0 Å². The van der Waals surface area contributed by atoms with E-state index in [0.717, 1.165) is 6.08 Å². The standard InChI is InChI=1S/C5H10O4S/c1-2-3-4-5(6)10(7,8)9/h3-6H,2H2,1H3,(H,7,8,9)/b4-3+. The lowest BCUT2D eigenvalue weighted by Gasteiger charge is -1.98. The van der Waals surface area contributed by atoms with Gasteiger partial charge in [0.2, 0.25) is 0 Å². The molecule has 0 saturated heterocycles. The molecule has 4 nitrogen and oxygen atoms in total. The lowest BCUT2D eigenvalue weighted by Crippen LogP contribution is -2.16. The van der Waals surface area contributed by atoms with E-state index in [1.165, 1.54) is 6.08 Å². The van der Waals surface area contributed by atoms with Crippen LogP contribution in [-0.2, 0) is 10.1 Å². The van der Waals surface area contributed by atoms with Gasteiger partial charge in [-0.1, -0.05) is 13.0 Å². The Bertz CT molecular complexity index is 204. The first-order valence-electron chi connectivity index (χ1n) is 2.79. The molecular formula is C5H10O4S. The maximum absolute atomic E-state index is 10.1. The summed E-state index contributed by atoms with van der Waals surface area (Å²) in [6.07, 6.45) is 3.10. The molecule has 0 aromatic heterocycles. The number of hydrogen-bond donors (Lipinski definition) is 2. The van der Waals surface area contributed by atoms with Gasteiger partial charge < -0.3 is 5.11 Å². The maximum Gasteiger partial charge on any atom is 0.295 e. The lowest BCUT2D eigenvalue weighted by atomic mass is 10.4. The smallest absolute Gasteiger partial charge is 0.295 e. The summed E-state index contributed by atoms with van der Waals surface area (Å²) in [5, 5.41) is 8.59. The Morgan fingerprint density at radius 3 is 2.40 bits per heavy atom. The van der Waals surface area contributed by atoms with Crippen LogP contribution in [0, 0.1) is 0 Å². The van der Waals surface area contributed by atoms with Gasteiger partial charge in [0.15, 0.2) is 5.44 Å². The summed E-state index contributed by atoms with van der Waals surface area (Å²) in [4.78, 5) is 0. The van der Waals surface area contributed by atoms with E-state index < -0.39 is 15.6 Å². The molecule has 0 bridgehead atoms. The summed E-state index contributed by atoms with van der Waals surface area (Å²) in [6, 6.07) is 0. The number of aliphatic hydroxyl groups excluding tert-OH is 1. The molecule has 10 heavy (non-hydrogen) atoms. The zero-order valence-corrected chi connectivity index (χ0v) is 6.37. The van der Waals surface area contributed by atoms with Crippen LogP contribution in [0.1, 0.15) is 13.3 Å². The minimum atomic E-state index is -4.31. The van der Waals surface area contributed by atoms with Crippen LogP contribution in [0.25, 0.3) is 0 Å². The molecule has 2 N–H and O–H groups in total. The summed E-state index contributed by atoms with van der Waals surface area (Å²) >= 11 is 0. The highest BCUT2D eigenvalue weighted by Crippen LogP contribution is 1.96. The molecule has 0 amide bonds. The molecule has 5 heteroatoms. The van der Waals surface area contributed by atoms with E-state index in [9.17, 15) is 8.42 Å². The molecule has 0 aliphatic carbocycles. The molecule has 0 heterocycles. The summed E-state index contributed by atoms with van der Waals surface area (Å²) in [5.41, 5.74) is -1.78. The highest BCUT2D eigenvalue weighted by molar-refractivity contribution is 7.86. The summed E-state index contributed by atoms with van der Waals surface area (Å²) in [6.45, 7) is 1.78. The number of allylic oxidation sites excluding steroid dienone is 1. The molecule has 0 aliphatic rings.